The average Bonchev–Trinajstić information content (AvgIpc) is 1.96. The first kappa shape index (κ1) is 8.18. The largest absolute Gasteiger partial charge is 0.351 e. The van der Waals surface area contributed by atoms with Crippen molar-refractivity contribution in [3.8, 4) is 0 Å². The monoisotopic (exact) mass is 172 g/mol. The topological polar surface area (TPSA) is 101 Å². The Hall–Kier alpha value is -1.92. The Kier molecular flexibility index (Phi) is 2.04. The molecule has 0 aliphatic rings. The molecule has 0 aliphatic heterocycles. The van der Waals surface area contributed by atoms with Gasteiger partial charge in [-0.05, 0) is 0 Å². The first-order valence-corrected chi connectivity index (χ1v) is 2.91. The molecule has 7 heteroatoms. The summed E-state index contributed by atoms with van der Waals surface area (Å²) in [5.41, 5.74) is 3.92. The SMILES string of the molecule is NC(=O)Nc1[nH]c(=O)ncc1F. The Morgan fingerprint density at radius 2 is 2.42 bits per heavy atom. The molecule has 0 radical (unpaired) electrons. The molecule has 0 aromatic carbocycles. The zero-order chi connectivity index (χ0) is 9.14. The summed E-state index contributed by atoms with van der Waals surface area (Å²) in [5, 5.41) is 1.88. The number of aromatic amines is 1. The van der Waals surface area contributed by atoms with Gasteiger partial charge in [-0.3, -0.25) is 10.3 Å². The van der Waals surface area contributed by atoms with Crippen LogP contribution >= 0.6 is 0 Å². The summed E-state index contributed by atoms with van der Waals surface area (Å²) in [7, 11) is 0. The van der Waals surface area contributed by atoms with Gasteiger partial charge in [0.05, 0.1) is 6.20 Å². The number of halogens is 1. The number of nitrogens with one attached hydrogen (secondary N) is 2. The maximum absolute atomic E-state index is 12.6. The molecule has 0 saturated carbocycles. The summed E-state index contributed by atoms with van der Waals surface area (Å²) in [6, 6.07) is -0.962. The Morgan fingerprint density at radius 1 is 1.75 bits per heavy atom. The van der Waals surface area contributed by atoms with Crippen LogP contribution in [0.15, 0.2) is 11.0 Å². The van der Waals surface area contributed by atoms with Gasteiger partial charge in [0.1, 0.15) is 0 Å². The van der Waals surface area contributed by atoms with E-state index in [1.165, 1.54) is 0 Å². The molecular formula is C5H5FN4O2. The molecule has 0 fully saturated rings. The van der Waals surface area contributed by atoms with Crippen LogP contribution in [-0.4, -0.2) is 16.0 Å². The second-order valence-corrected chi connectivity index (χ2v) is 1.90. The van der Waals surface area contributed by atoms with Crippen LogP contribution in [-0.2, 0) is 0 Å². The molecule has 1 aromatic rings. The average molecular weight is 172 g/mol. The fourth-order valence-electron chi connectivity index (χ4n) is 0.593. The van der Waals surface area contributed by atoms with Crippen LogP contribution in [0.25, 0.3) is 0 Å². The summed E-state index contributed by atoms with van der Waals surface area (Å²) in [6.07, 6.45) is 0.685. The lowest BCUT2D eigenvalue weighted by atomic mass is 10.5. The molecule has 0 unspecified atom stereocenters. The molecule has 4 N–H and O–H groups in total. The highest BCUT2D eigenvalue weighted by Gasteiger charge is 2.04. The number of hydrogen-bond acceptors (Lipinski definition) is 3. The van der Waals surface area contributed by atoms with Crippen molar-refractivity contribution in [2.24, 2.45) is 5.73 Å². The molecule has 1 heterocycles. The van der Waals surface area contributed by atoms with Gasteiger partial charge in [-0.15, -0.1) is 0 Å². The summed E-state index contributed by atoms with van der Waals surface area (Å²) >= 11 is 0. The van der Waals surface area contributed by atoms with E-state index < -0.39 is 17.5 Å². The van der Waals surface area contributed by atoms with Gasteiger partial charge in [0.25, 0.3) is 0 Å². The minimum Gasteiger partial charge on any atom is -0.351 e. The number of hydrogen-bond donors (Lipinski definition) is 3. The maximum Gasteiger partial charge on any atom is 0.346 e. The molecule has 1 aromatic heterocycles. The predicted octanol–water partition coefficient (Wildman–Crippen LogP) is -0.600. The van der Waals surface area contributed by atoms with Crippen molar-refractivity contribution >= 4 is 11.8 Å². The number of primary amides is 1. The van der Waals surface area contributed by atoms with E-state index in [0.29, 0.717) is 6.20 Å². The van der Waals surface area contributed by atoms with Crippen molar-refractivity contribution in [3.05, 3.63) is 22.5 Å². The molecule has 0 bridgehead atoms. The fourth-order valence-corrected chi connectivity index (χ4v) is 0.593. The molecule has 6 nitrogen and oxygen atoms in total. The van der Waals surface area contributed by atoms with Gasteiger partial charge in [0.2, 0.25) is 0 Å². The Balaban J connectivity index is 3.05. The van der Waals surface area contributed by atoms with Crippen molar-refractivity contribution < 1.29 is 9.18 Å². The van der Waals surface area contributed by atoms with Gasteiger partial charge in [-0.2, -0.15) is 4.98 Å². The van der Waals surface area contributed by atoms with E-state index in [1.54, 1.807) is 0 Å². The minimum atomic E-state index is -0.962. The van der Waals surface area contributed by atoms with Gasteiger partial charge in [0, 0.05) is 0 Å². The summed E-state index contributed by atoms with van der Waals surface area (Å²) in [4.78, 5) is 25.8. The van der Waals surface area contributed by atoms with E-state index in [1.807, 2.05) is 10.3 Å². The second kappa shape index (κ2) is 2.99. The zero-order valence-corrected chi connectivity index (χ0v) is 5.80. The number of nitrogens with two attached hydrogens (primary N) is 1. The van der Waals surface area contributed by atoms with Gasteiger partial charge >= 0.3 is 11.7 Å². The van der Waals surface area contributed by atoms with Crippen LogP contribution in [0.5, 0.6) is 0 Å². The number of aromatic nitrogens is 2. The number of carbonyl (C=O) groups is 1. The van der Waals surface area contributed by atoms with Crippen LogP contribution in [0.3, 0.4) is 0 Å². The van der Waals surface area contributed by atoms with E-state index in [-0.39, 0.29) is 5.82 Å². The zero-order valence-electron chi connectivity index (χ0n) is 5.80. The smallest absolute Gasteiger partial charge is 0.346 e. The molecule has 12 heavy (non-hydrogen) atoms. The number of H-pyrrole nitrogens is 1. The summed E-state index contributed by atoms with van der Waals surface area (Å²) in [6.45, 7) is 0. The highest BCUT2D eigenvalue weighted by atomic mass is 19.1. The molecule has 1 rings (SSSR count). The minimum absolute atomic E-state index is 0.387. The maximum atomic E-state index is 12.6. The molecule has 0 saturated heterocycles. The van der Waals surface area contributed by atoms with E-state index in [9.17, 15) is 14.0 Å². The van der Waals surface area contributed by atoms with Crippen molar-refractivity contribution in [3.63, 3.8) is 0 Å². The third-order valence-electron chi connectivity index (χ3n) is 1.01. The van der Waals surface area contributed by atoms with E-state index in [0.717, 1.165) is 0 Å². The van der Waals surface area contributed by atoms with Crippen LogP contribution in [0.2, 0.25) is 0 Å². The highest BCUT2D eigenvalue weighted by molar-refractivity contribution is 5.86. The third-order valence-corrected chi connectivity index (χ3v) is 1.01. The molecule has 0 aliphatic carbocycles. The van der Waals surface area contributed by atoms with Crippen LogP contribution in [0.4, 0.5) is 15.0 Å². The normalized spacial score (nSPS) is 9.42. The number of carbonyl (C=O) groups excluding carboxylic acids is 1. The molecular weight excluding hydrogens is 167 g/mol. The Labute approximate surface area is 65.6 Å². The number of rotatable bonds is 1. The lowest BCUT2D eigenvalue weighted by Gasteiger charge is -2.00. The summed E-state index contributed by atoms with van der Waals surface area (Å²) < 4.78 is 12.6. The first-order chi connectivity index (χ1) is 5.59. The van der Waals surface area contributed by atoms with E-state index in [4.69, 9.17) is 0 Å². The van der Waals surface area contributed by atoms with Gasteiger partial charge < -0.3 is 5.73 Å². The number of urea groups is 1. The van der Waals surface area contributed by atoms with Crippen LogP contribution in [0, 0.1) is 5.82 Å². The fraction of sp³-hybridized carbons (Fsp3) is 0. The standard InChI is InChI=1S/C5H5FN4O2/c6-2-1-8-5(12)10-3(2)9-4(7)11/h1H,(H4,7,8,9,10,11,12). The summed E-state index contributed by atoms with van der Waals surface area (Å²) in [5.74, 6) is -1.24. The quantitative estimate of drug-likeness (QED) is 0.527. The van der Waals surface area contributed by atoms with Gasteiger partial charge in [0.15, 0.2) is 11.6 Å². The lowest BCUT2D eigenvalue weighted by Crippen LogP contribution is -2.23. The van der Waals surface area contributed by atoms with E-state index in [2.05, 4.69) is 10.7 Å². The van der Waals surface area contributed by atoms with Gasteiger partial charge in [-0.25, -0.2) is 14.0 Å². The lowest BCUT2D eigenvalue weighted by molar-refractivity contribution is 0.259. The van der Waals surface area contributed by atoms with Crippen LogP contribution < -0.4 is 16.7 Å². The highest BCUT2D eigenvalue weighted by Crippen LogP contribution is 2.03. The van der Waals surface area contributed by atoms with E-state index >= 15 is 0 Å². The number of amides is 2. The third kappa shape index (κ3) is 1.78. The predicted molar refractivity (Wildman–Crippen MR) is 38.0 cm³/mol. The Morgan fingerprint density at radius 3 is 3.00 bits per heavy atom. The number of anilines is 1. The first-order valence-electron chi connectivity index (χ1n) is 2.91. The van der Waals surface area contributed by atoms with Crippen molar-refractivity contribution in [2.75, 3.05) is 5.32 Å². The van der Waals surface area contributed by atoms with Crippen molar-refractivity contribution in [1.29, 1.82) is 0 Å². The Bertz CT molecular complexity index is 361. The molecule has 0 spiro atoms. The molecule has 2 amide bonds. The second-order valence-electron chi connectivity index (χ2n) is 1.90. The number of nitrogens with zero attached hydrogens (tertiary/aromatic N) is 1. The molecule has 64 valence electrons. The molecule has 0 atom stereocenters. The van der Waals surface area contributed by atoms with Crippen molar-refractivity contribution in [1.82, 2.24) is 9.97 Å². The van der Waals surface area contributed by atoms with Crippen LogP contribution in [0.1, 0.15) is 0 Å². The van der Waals surface area contributed by atoms with Gasteiger partial charge in [-0.1, -0.05) is 0 Å². The van der Waals surface area contributed by atoms with Crippen molar-refractivity contribution in [2.45, 2.75) is 0 Å².